The second-order valence-corrected chi connectivity index (χ2v) is 11.1. The molecule has 32 heavy (non-hydrogen) atoms. The van der Waals surface area contributed by atoms with E-state index in [1.165, 1.54) is 16.9 Å². The van der Waals surface area contributed by atoms with Crippen LogP contribution in [0.1, 0.15) is 34.2 Å². The van der Waals surface area contributed by atoms with Crippen molar-refractivity contribution in [3.05, 3.63) is 75.8 Å². The van der Waals surface area contributed by atoms with Crippen LogP contribution in [0.3, 0.4) is 0 Å². The van der Waals surface area contributed by atoms with Crippen LogP contribution in [0.4, 0.5) is 5.13 Å². The highest BCUT2D eigenvalue weighted by Crippen LogP contribution is 2.32. The summed E-state index contributed by atoms with van der Waals surface area (Å²) in [6.07, 6.45) is 0.159. The predicted molar refractivity (Wildman–Crippen MR) is 124 cm³/mol. The molecule has 0 spiro atoms. The molecule has 7 nitrogen and oxygen atoms in total. The van der Waals surface area contributed by atoms with E-state index in [-0.39, 0.29) is 29.6 Å². The van der Waals surface area contributed by atoms with Gasteiger partial charge < -0.3 is 10.4 Å². The average molecular weight is 472 g/mol. The van der Waals surface area contributed by atoms with Crippen molar-refractivity contribution in [2.75, 3.05) is 11.1 Å². The summed E-state index contributed by atoms with van der Waals surface area (Å²) in [5, 5.41) is 12.6. The number of carbonyl (C=O) groups is 1. The van der Waals surface area contributed by atoms with Crippen molar-refractivity contribution in [3.63, 3.8) is 0 Å². The van der Waals surface area contributed by atoms with Gasteiger partial charge in [0.1, 0.15) is 0 Å². The molecule has 2 heterocycles. The molecular formula is C23H25N3O4S2. The van der Waals surface area contributed by atoms with Crippen LogP contribution >= 0.6 is 11.3 Å². The van der Waals surface area contributed by atoms with Crippen molar-refractivity contribution in [2.45, 2.75) is 44.5 Å². The Balaban J connectivity index is 1.31. The molecule has 0 bridgehead atoms. The van der Waals surface area contributed by atoms with Crippen LogP contribution in [0.2, 0.25) is 0 Å². The standard InChI is InChI=1S/C23H25N3O4S2/c1-2-32(29,30)19-9-7-16(8-10-19)11-22(28)25-23-24-20-13-26(14-21(20)31-23)12-17-3-5-18(15-27)6-4-17/h3-10,27H,2,11-15H2,1H3,(H,24,25,28). The number of nitrogens with one attached hydrogen (secondary N) is 1. The summed E-state index contributed by atoms with van der Waals surface area (Å²) < 4.78 is 23.8. The van der Waals surface area contributed by atoms with E-state index in [0.29, 0.717) is 5.13 Å². The zero-order chi connectivity index (χ0) is 22.7. The van der Waals surface area contributed by atoms with Crippen molar-refractivity contribution < 1.29 is 18.3 Å². The average Bonchev–Trinajstić information content (AvgIpc) is 3.32. The summed E-state index contributed by atoms with van der Waals surface area (Å²) in [6, 6.07) is 14.4. The third kappa shape index (κ3) is 5.24. The largest absolute Gasteiger partial charge is 0.392 e. The van der Waals surface area contributed by atoms with Gasteiger partial charge in [0.25, 0.3) is 0 Å². The van der Waals surface area contributed by atoms with E-state index >= 15 is 0 Å². The maximum atomic E-state index is 12.4. The van der Waals surface area contributed by atoms with E-state index in [4.69, 9.17) is 5.11 Å². The summed E-state index contributed by atoms with van der Waals surface area (Å²) in [5.41, 5.74) is 3.83. The molecule has 2 aromatic carbocycles. The summed E-state index contributed by atoms with van der Waals surface area (Å²) in [4.78, 5) is 20.7. The summed E-state index contributed by atoms with van der Waals surface area (Å²) in [6.45, 7) is 3.98. The zero-order valence-corrected chi connectivity index (χ0v) is 19.4. The highest BCUT2D eigenvalue weighted by molar-refractivity contribution is 7.91. The fourth-order valence-electron chi connectivity index (χ4n) is 3.60. The molecule has 0 fully saturated rings. The van der Waals surface area contributed by atoms with Crippen LogP contribution in [0.25, 0.3) is 0 Å². The molecule has 1 aliphatic rings. The minimum absolute atomic E-state index is 0.0474. The molecule has 0 atom stereocenters. The minimum Gasteiger partial charge on any atom is -0.392 e. The monoisotopic (exact) mass is 471 g/mol. The number of benzene rings is 2. The van der Waals surface area contributed by atoms with Crippen LogP contribution < -0.4 is 5.32 Å². The van der Waals surface area contributed by atoms with Gasteiger partial charge in [-0.1, -0.05) is 43.3 Å². The molecular weight excluding hydrogens is 446 g/mol. The molecule has 9 heteroatoms. The molecule has 3 aromatic rings. The third-order valence-electron chi connectivity index (χ3n) is 5.40. The van der Waals surface area contributed by atoms with E-state index in [1.54, 1.807) is 31.2 Å². The smallest absolute Gasteiger partial charge is 0.230 e. The predicted octanol–water partition coefficient (Wildman–Crippen LogP) is 3.13. The van der Waals surface area contributed by atoms with Gasteiger partial charge in [-0.15, -0.1) is 11.3 Å². The van der Waals surface area contributed by atoms with Gasteiger partial charge in [0, 0.05) is 24.5 Å². The number of aliphatic hydroxyl groups excluding tert-OH is 1. The Kier molecular flexibility index (Phi) is 6.71. The Labute approximate surface area is 191 Å². The van der Waals surface area contributed by atoms with Crippen molar-refractivity contribution in [2.24, 2.45) is 0 Å². The molecule has 0 radical (unpaired) electrons. The van der Waals surface area contributed by atoms with Crippen LogP contribution in [0.5, 0.6) is 0 Å². The molecule has 0 saturated heterocycles. The number of rotatable bonds is 8. The summed E-state index contributed by atoms with van der Waals surface area (Å²) in [7, 11) is -3.24. The van der Waals surface area contributed by atoms with E-state index in [9.17, 15) is 13.2 Å². The molecule has 168 valence electrons. The quantitative estimate of drug-likeness (QED) is 0.524. The van der Waals surface area contributed by atoms with Crippen LogP contribution in [0, 0.1) is 0 Å². The number of hydrogen-bond acceptors (Lipinski definition) is 7. The molecule has 4 rings (SSSR count). The van der Waals surface area contributed by atoms with Crippen LogP contribution in [0.15, 0.2) is 53.4 Å². The number of anilines is 1. The van der Waals surface area contributed by atoms with Gasteiger partial charge >= 0.3 is 0 Å². The molecule has 1 aromatic heterocycles. The topological polar surface area (TPSA) is 99.6 Å². The Morgan fingerprint density at radius 3 is 2.34 bits per heavy atom. The minimum atomic E-state index is -3.24. The maximum Gasteiger partial charge on any atom is 0.230 e. The highest BCUT2D eigenvalue weighted by atomic mass is 32.2. The van der Waals surface area contributed by atoms with Crippen molar-refractivity contribution >= 4 is 32.2 Å². The molecule has 0 unspecified atom stereocenters. The van der Waals surface area contributed by atoms with Crippen LogP contribution in [-0.2, 0) is 47.3 Å². The van der Waals surface area contributed by atoms with E-state index < -0.39 is 9.84 Å². The van der Waals surface area contributed by atoms with E-state index in [0.717, 1.165) is 41.3 Å². The Hall–Kier alpha value is -2.59. The number of fused-ring (bicyclic) bond motifs is 1. The van der Waals surface area contributed by atoms with Gasteiger partial charge in [0.15, 0.2) is 15.0 Å². The summed E-state index contributed by atoms with van der Waals surface area (Å²) >= 11 is 1.49. The number of amides is 1. The first-order valence-electron chi connectivity index (χ1n) is 10.4. The SMILES string of the molecule is CCS(=O)(=O)c1ccc(CC(=O)Nc2nc3c(s2)CN(Cc2ccc(CO)cc2)C3)cc1. The highest BCUT2D eigenvalue weighted by Gasteiger charge is 2.24. The Morgan fingerprint density at radius 1 is 1.06 bits per heavy atom. The third-order valence-corrected chi connectivity index (χ3v) is 8.15. The first kappa shape index (κ1) is 22.6. The fourth-order valence-corrected chi connectivity index (χ4v) is 5.52. The lowest BCUT2D eigenvalue weighted by atomic mass is 10.1. The number of hydrogen-bond donors (Lipinski definition) is 2. The van der Waals surface area contributed by atoms with E-state index in [2.05, 4.69) is 15.2 Å². The maximum absolute atomic E-state index is 12.4. The molecule has 1 amide bonds. The number of aromatic nitrogens is 1. The number of thiazole rings is 1. The first-order chi connectivity index (χ1) is 15.4. The van der Waals surface area contributed by atoms with Crippen molar-refractivity contribution in [1.29, 1.82) is 0 Å². The number of nitrogens with zero attached hydrogens (tertiary/aromatic N) is 2. The van der Waals surface area contributed by atoms with Crippen LogP contribution in [-0.4, -0.2) is 35.1 Å². The van der Waals surface area contributed by atoms with Crippen molar-refractivity contribution in [1.82, 2.24) is 9.88 Å². The fraction of sp³-hybridized carbons (Fsp3) is 0.304. The van der Waals surface area contributed by atoms with Gasteiger partial charge in [-0.25, -0.2) is 13.4 Å². The Bertz CT molecular complexity index is 1180. The number of aliphatic hydroxyl groups is 1. The lowest BCUT2D eigenvalue weighted by Gasteiger charge is -2.15. The molecule has 1 aliphatic heterocycles. The molecule has 2 N–H and O–H groups in total. The lowest BCUT2D eigenvalue weighted by Crippen LogP contribution is -2.17. The van der Waals surface area contributed by atoms with Crippen molar-refractivity contribution in [3.8, 4) is 0 Å². The van der Waals surface area contributed by atoms with Gasteiger partial charge in [-0.2, -0.15) is 0 Å². The van der Waals surface area contributed by atoms with Gasteiger partial charge in [0.2, 0.25) is 5.91 Å². The van der Waals surface area contributed by atoms with Gasteiger partial charge in [0.05, 0.1) is 29.4 Å². The second kappa shape index (κ2) is 9.50. The second-order valence-electron chi connectivity index (χ2n) is 7.78. The summed E-state index contributed by atoms with van der Waals surface area (Å²) in [5.74, 6) is -0.126. The molecule has 0 aliphatic carbocycles. The zero-order valence-electron chi connectivity index (χ0n) is 17.7. The number of carbonyl (C=O) groups excluding carboxylic acids is 1. The van der Waals surface area contributed by atoms with E-state index in [1.807, 2.05) is 24.3 Å². The first-order valence-corrected chi connectivity index (χ1v) is 12.8. The van der Waals surface area contributed by atoms with Gasteiger partial charge in [-0.05, 0) is 28.8 Å². The lowest BCUT2D eigenvalue weighted by molar-refractivity contribution is -0.115. The molecule has 0 saturated carbocycles. The normalized spacial score (nSPS) is 13.8. The van der Waals surface area contributed by atoms with Gasteiger partial charge in [-0.3, -0.25) is 9.69 Å². The Morgan fingerprint density at radius 2 is 1.72 bits per heavy atom. The number of sulfone groups is 1.